The fraction of sp³-hybridized carbons (Fsp3) is 1.00. The Labute approximate surface area is 175 Å². The van der Waals surface area contributed by atoms with E-state index in [1.165, 1.54) is 6.16 Å². The summed E-state index contributed by atoms with van der Waals surface area (Å²) in [4.78, 5) is 0. The van der Waals surface area contributed by atoms with Crippen molar-refractivity contribution in [1.82, 2.24) is 0 Å². The maximum absolute atomic E-state index is 2.55. The van der Waals surface area contributed by atoms with Gasteiger partial charge in [-0.2, -0.15) is 0 Å². The molecule has 0 aromatic heterocycles. The van der Waals surface area contributed by atoms with E-state index < -0.39 is 7.26 Å². The van der Waals surface area contributed by atoms with Gasteiger partial charge in [-0.3, -0.25) is 0 Å². The molecule has 0 spiro atoms. The normalized spacial score (nSPS) is 17.3. The standard InChI is InChI=1S/C26H57P/c1-20(2,3)26(21(4,5)6,22(7,8)9)19-27(23(10,11)12,24(13,14)15)25(16,17)18/h27H,19H2,1-18H3. The second-order valence-electron chi connectivity index (χ2n) is 15.5. The summed E-state index contributed by atoms with van der Waals surface area (Å²) in [5, 5.41) is 0.990. The Bertz CT molecular complexity index is 375. The molecule has 0 rings (SSSR count). The molecule has 0 saturated carbocycles. The molecule has 0 fully saturated rings. The zero-order chi connectivity index (χ0) is 22.7. The predicted octanol–water partition coefficient (Wildman–Crippen LogP) is 9.26. The zero-order valence-corrected chi connectivity index (χ0v) is 23.7. The first-order valence-electron chi connectivity index (χ1n) is 11.2. The van der Waals surface area contributed by atoms with Gasteiger partial charge in [0.05, 0.1) is 0 Å². The van der Waals surface area contributed by atoms with E-state index in [0.29, 0.717) is 15.5 Å². The van der Waals surface area contributed by atoms with E-state index in [1.807, 2.05) is 0 Å². The van der Waals surface area contributed by atoms with Gasteiger partial charge in [-0.05, 0) is 0 Å². The molecule has 0 atom stereocenters. The van der Waals surface area contributed by atoms with Crippen molar-refractivity contribution in [2.24, 2.45) is 21.7 Å². The summed E-state index contributed by atoms with van der Waals surface area (Å²) in [7, 11) is -1.87. The van der Waals surface area contributed by atoms with Crippen LogP contribution in [-0.2, 0) is 0 Å². The molecule has 0 heterocycles. The third-order valence-electron chi connectivity index (χ3n) is 8.21. The predicted molar refractivity (Wildman–Crippen MR) is 133 cm³/mol. The SMILES string of the molecule is CC(C)(C)C(C[PH](C(C)(C)C)(C(C)(C)C)C(C)(C)C)(C(C)(C)C)C(C)(C)C. The Morgan fingerprint density at radius 3 is 0.667 bits per heavy atom. The molecule has 0 nitrogen and oxygen atoms in total. The quantitative estimate of drug-likeness (QED) is 0.405. The van der Waals surface area contributed by atoms with Gasteiger partial charge in [0.25, 0.3) is 0 Å². The second kappa shape index (κ2) is 7.00. The van der Waals surface area contributed by atoms with Crippen molar-refractivity contribution in [3.05, 3.63) is 0 Å². The van der Waals surface area contributed by atoms with Crippen molar-refractivity contribution in [3.8, 4) is 0 Å². The summed E-state index contributed by atoms with van der Waals surface area (Å²) < 4.78 is 0. The van der Waals surface area contributed by atoms with E-state index in [9.17, 15) is 0 Å². The van der Waals surface area contributed by atoms with Crippen LogP contribution >= 0.6 is 7.26 Å². The first-order chi connectivity index (χ1) is 11.2. The molecule has 0 aromatic carbocycles. The Kier molecular flexibility index (Phi) is 7.11. The molecule has 0 aliphatic rings. The maximum atomic E-state index is 2.55. The van der Waals surface area contributed by atoms with Crippen LogP contribution in [0.15, 0.2) is 0 Å². The summed E-state index contributed by atoms with van der Waals surface area (Å²) in [5.74, 6) is 0. The molecule has 0 aromatic rings. The minimum atomic E-state index is -1.87. The van der Waals surface area contributed by atoms with Crippen LogP contribution < -0.4 is 0 Å². The van der Waals surface area contributed by atoms with Crippen LogP contribution in [0.2, 0.25) is 0 Å². The average molecular weight is 401 g/mol. The van der Waals surface area contributed by atoms with Gasteiger partial charge < -0.3 is 0 Å². The van der Waals surface area contributed by atoms with E-state index in [1.54, 1.807) is 0 Å². The van der Waals surface area contributed by atoms with Gasteiger partial charge in [0, 0.05) is 0 Å². The van der Waals surface area contributed by atoms with Crippen LogP contribution in [0.4, 0.5) is 0 Å². The van der Waals surface area contributed by atoms with Gasteiger partial charge in [-0.15, -0.1) is 0 Å². The van der Waals surface area contributed by atoms with Crippen molar-refractivity contribution >= 4 is 7.26 Å². The van der Waals surface area contributed by atoms with Crippen LogP contribution in [0.25, 0.3) is 0 Å². The van der Waals surface area contributed by atoms with Crippen molar-refractivity contribution in [3.63, 3.8) is 0 Å². The molecule has 0 radical (unpaired) electrons. The van der Waals surface area contributed by atoms with Crippen molar-refractivity contribution in [2.45, 2.75) is 140 Å². The Morgan fingerprint density at radius 1 is 0.370 bits per heavy atom. The molecule has 166 valence electrons. The van der Waals surface area contributed by atoms with E-state index in [-0.39, 0.29) is 21.7 Å². The van der Waals surface area contributed by atoms with Crippen LogP contribution in [0.1, 0.15) is 125 Å². The summed E-state index contributed by atoms with van der Waals surface area (Å²) in [6.45, 7) is 45.5. The van der Waals surface area contributed by atoms with Crippen LogP contribution in [0, 0.1) is 21.7 Å². The summed E-state index contributed by atoms with van der Waals surface area (Å²) in [5.41, 5.74) is 0.906. The molecule has 0 N–H and O–H groups in total. The molecule has 0 unspecified atom stereocenters. The number of hydrogen-bond donors (Lipinski definition) is 0. The zero-order valence-electron chi connectivity index (χ0n) is 22.7. The van der Waals surface area contributed by atoms with Gasteiger partial charge in [-0.1, -0.05) is 0 Å². The van der Waals surface area contributed by atoms with Crippen molar-refractivity contribution < 1.29 is 0 Å². The molecule has 1 heteroatoms. The van der Waals surface area contributed by atoms with E-state index >= 15 is 0 Å². The van der Waals surface area contributed by atoms with E-state index in [2.05, 4.69) is 125 Å². The summed E-state index contributed by atoms with van der Waals surface area (Å²) in [6.07, 6.45) is 1.37. The fourth-order valence-corrected chi connectivity index (χ4v) is 19.5. The first-order valence-corrected chi connectivity index (χ1v) is 13.4. The molecule has 0 bridgehead atoms. The molecule has 0 aliphatic heterocycles. The fourth-order valence-electron chi connectivity index (χ4n) is 8.74. The van der Waals surface area contributed by atoms with Gasteiger partial charge in [-0.25, -0.2) is 0 Å². The third-order valence-corrected chi connectivity index (χ3v) is 17.0. The molecular weight excluding hydrogens is 343 g/mol. The van der Waals surface area contributed by atoms with Gasteiger partial charge in [0.15, 0.2) is 0 Å². The van der Waals surface area contributed by atoms with Crippen LogP contribution in [0.5, 0.6) is 0 Å². The van der Waals surface area contributed by atoms with Crippen LogP contribution in [-0.4, -0.2) is 21.6 Å². The Hall–Kier alpha value is 0.430. The molecule has 0 amide bonds. The number of hydrogen-bond acceptors (Lipinski definition) is 0. The van der Waals surface area contributed by atoms with Gasteiger partial charge in [0.1, 0.15) is 0 Å². The molecular formula is C26H57P. The topological polar surface area (TPSA) is 0 Å². The Morgan fingerprint density at radius 2 is 0.556 bits per heavy atom. The molecule has 0 saturated heterocycles. The molecule has 0 aliphatic carbocycles. The van der Waals surface area contributed by atoms with E-state index in [4.69, 9.17) is 0 Å². The average Bonchev–Trinajstić information content (AvgIpc) is 2.16. The molecule has 27 heavy (non-hydrogen) atoms. The second-order valence-corrected chi connectivity index (χ2v) is 22.2. The summed E-state index contributed by atoms with van der Waals surface area (Å²) >= 11 is 0. The van der Waals surface area contributed by atoms with Gasteiger partial charge in [0.2, 0.25) is 0 Å². The van der Waals surface area contributed by atoms with Crippen molar-refractivity contribution in [2.75, 3.05) is 6.16 Å². The van der Waals surface area contributed by atoms with Gasteiger partial charge >= 0.3 is 175 Å². The summed E-state index contributed by atoms with van der Waals surface area (Å²) in [6, 6.07) is 0. The Balaban J connectivity index is 7.45. The third kappa shape index (κ3) is 4.32. The van der Waals surface area contributed by atoms with Crippen LogP contribution in [0.3, 0.4) is 0 Å². The first kappa shape index (κ1) is 27.4. The van der Waals surface area contributed by atoms with E-state index in [0.717, 1.165) is 0 Å². The minimum absolute atomic E-state index is 0.226. The van der Waals surface area contributed by atoms with Crippen molar-refractivity contribution in [1.29, 1.82) is 0 Å². The number of rotatable bonds is 2. The monoisotopic (exact) mass is 400 g/mol.